The summed E-state index contributed by atoms with van der Waals surface area (Å²) in [6.45, 7) is 0.608. The highest BCUT2D eigenvalue weighted by atomic mass is 16.5. The number of fused-ring (bicyclic) bond motifs is 3. The van der Waals surface area contributed by atoms with E-state index in [4.69, 9.17) is 9.84 Å². The molecule has 0 spiro atoms. The van der Waals surface area contributed by atoms with Gasteiger partial charge in [0.05, 0.1) is 12.7 Å². The summed E-state index contributed by atoms with van der Waals surface area (Å²) in [5, 5.41) is 19.6. The number of carboxylic acid groups (broad SMARTS) is 1. The Bertz CT molecular complexity index is 1210. The Hall–Kier alpha value is -4.21. The van der Waals surface area contributed by atoms with Crippen molar-refractivity contribution in [3.05, 3.63) is 71.5 Å². The van der Waals surface area contributed by atoms with Crippen LogP contribution in [0, 0.1) is 0 Å². The van der Waals surface area contributed by atoms with Crippen LogP contribution in [0.1, 0.15) is 29.2 Å². The number of hydrogen-bond donors (Lipinski definition) is 2. The molecule has 1 aromatic heterocycles. The van der Waals surface area contributed by atoms with Crippen molar-refractivity contribution >= 4 is 18.0 Å². The van der Waals surface area contributed by atoms with Crippen molar-refractivity contribution in [2.75, 3.05) is 13.2 Å². The van der Waals surface area contributed by atoms with Crippen molar-refractivity contribution in [1.82, 2.24) is 25.2 Å². The van der Waals surface area contributed by atoms with Crippen LogP contribution in [-0.4, -0.2) is 62.2 Å². The molecular weight excluding hydrogens is 438 g/mol. The van der Waals surface area contributed by atoms with E-state index in [1.54, 1.807) is 0 Å². The number of aliphatic carboxylic acids is 1. The number of alkyl carbamates (subject to hydrolysis) is 1. The number of carbonyl (C=O) groups is 3. The summed E-state index contributed by atoms with van der Waals surface area (Å²) in [5.41, 5.74) is 5.05. The van der Waals surface area contributed by atoms with Gasteiger partial charge >= 0.3 is 12.1 Å². The Kier molecular flexibility index (Phi) is 5.70. The van der Waals surface area contributed by atoms with Gasteiger partial charge in [0.2, 0.25) is 5.91 Å². The maximum atomic E-state index is 12.3. The minimum absolute atomic E-state index is 0.0267. The van der Waals surface area contributed by atoms with Gasteiger partial charge in [-0.05, 0) is 28.7 Å². The van der Waals surface area contributed by atoms with Gasteiger partial charge in [-0.1, -0.05) is 53.7 Å². The molecule has 3 aromatic rings. The van der Waals surface area contributed by atoms with Gasteiger partial charge in [-0.3, -0.25) is 4.79 Å². The van der Waals surface area contributed by atoms with Crippen LogP contribution in [-0.2, 0) is 27.4 Å². The number of nitrogens with zero attached hydrogens (tertiary/aromatic N) is 4. The number of nitrogens with one attached hydrogen (secondary N) is 1. The number of likely N-dealkylation sites (tertiary alicyclic amines) is 1. The third-order valence-electron chi connectivity index (χ3n) is 6.27. The Morgan fingerprint density at radius 3 is 2.35 bits per heavy atom. The fraction of sp³-hybridized carbons (Fsp3) is 0.292. The summed E-state index contributed by atoms with van der Waals surface area (Å²) in [6, 6.07) is 15.5. The fourth-order valence-corrected chi connectivity index (χ4v) is 4.48. The van der Waals surface area contributed by atoms with Crippen molar-refractivity contribution < 1.29 is 24.2 Å². The second-order valence-corrected chi connectivity index (χ2v) is 8.32. The van der Waals surface area contributed by atoms with Crippen LogP contribution in [0.15, 0.2) is 54.7 Å². The van der Waals surface area contributed by atoms with Gasteiger partial charge in [-0.15, -0.1) is 5.10 Å². The molecule has 1 aliphatic heterocycles. The van der Waals surface area contributed by atoms with Gasteiger partial charge in [0.25, 0.3) is 0 Å². The first-order valence-corrected chi connectivity index (χ1v) is 11.0. The van der Waals surface area contributed by atoms with Crippen LogP contribution in [0.3, 0.4) is 0 Å². The number of carboxylic acids is 1. The molecule has 10 nitrogen and oxygen atoms in total. The number of benzene rings is 2. The number of hydrogen-bond acceptors (Lipinski definition) is 6. The SMILES string of the molecule is O=C(NCc1cn(CC(=O)N2CCC2C(=O)O)nn1)OCC1c2ccccc2-c2ccccc21. The molecule has 2 amide bonds. The number of rotatable bonds is 7. The van der Waals surface area contributed by atoms with Crippen LogP contribution in [0.5, 0.6) is 0 Å². The quantitative estimate of drug-likeness (QED) is 0.551. The van der Waals surface area contributed by atoms with E-state index in [1.165, 1.54) is 15.8 Å². The molecular formula is C24H23N5O5. The third-order valence-corrected chi connectivity index (χ3v) is 6.27. The topological polar surface area (TPSA) is 127 Å². The first-order valence-electron chi connectivity index (χ1n) is 11.0. The number of carbonyl (C=O) groups excluding carboxylic acids is 2. The van der Waals surface area contributed by atoms with Crippen LogP contribution >= 0.6 is 0 Å². The Morgan fingerprint density at radius 1 is 1.06 bits per heavy atom. The van der Waals surface area contributed by atoms with E-state index in [1.807, 2.05) is 24.3 Å². The highest BCUT2D eigenvalue weighted by Crippen LogP contribution is 2.44. The van der Waals surface area contributed by atoms with Crippen LogP contribution < -0.4 is 5.32 Å². The molecule has 2 N–H and O–H groups in total. The standard InChI is InChI=1S/C24H23N5O5/c30-22(29-10-9-21(29)23(31)32)13-28-12-15(26-27-28)11-25-24(33)34-14-20-18-7-3-1-5-16(18)17-6-2-4-8-19(17)20/h1-8,12,20-21H,9-11,13-14H2,(H,25,33)(H,31,32). The molecule has 5 rings (SSSR count). The lowest BCUT2D eigenvalue weighted by atomic mass is 9.98. The van der Waals surface area contributed by atoms with Crippen molar-refractivity contribution in [1.29, 1.82) is 0 Å². The normalized spacial score (nSPS) is 16.4. The minimum Gasteiger partial charge on any atom is -0.480 e. The Balaban J connectivity index is 1.13. The van der Waals surface area contributed by atoms with E-state index in [0.29, 0.717) is 18.7 Å². The maximum Gasteiger partial charge on any atom is 0.407 e. The molecule has 2 aliphatic rings. The lowest BCUT2D eigenvalue weighted by Crippen LogP contribution is -2.56. The second-order valence-electron chi connectivity index (χ2n) is 8.32. The lowest BCUT2D eigenvalue weighted by molar-refractivity contribution is -0.157. The third kappa shape index (κ3) is 4.09. The van der Waals surface area contributed by atoms with E-state index in [0.717, 1.165) is 22.3 Å². The average Bonchev–Trinajstić information content (AvgIpc) is 3.37. The molecule has 1 aliphatic carbocycles. The first-order chi connectivity index (χ1) is 16.5. The zero-order valence-electron chi connectivity index (χ0n) is 18.3. The van der Waals surface area contributed by atoms with Gasteiger partial charge in [0.1, 0.15) is 24.9 Å². The molecule has 2 heterocycles. The zero-order valence-corrected chi connectivity index (χ0v) is 18.3. The lowest BCUT2D eigenvalue weighted by Gasteiger charge is -2.37. The molecule has 1 fully saturated rings. The molecule has 174 valence electrons. The Labute approximate surface area is 195 Å². The average molecular weight is 461 g/mol. The van der Waals surface area contributed by atoms with Crippen molar-refractivity contribution in [2.45, 2.75) is 31.5 Å². The second kappa shape index (κ2) is 8.97. The molecule has 0 saturated carbocycles. The van der Waals surface area contributed by atoms with Crippen LogP contribution in [0.25, 0.3) is 11.1 Å². The van der Waals surface area contributed by atoms with Crippen molar-refractivity contribution in [2.24, 2.45) is 0 Å². The summed E-state index contributed by atoms with van der Waals surface area (Å²) < 4.78 is 6.83. The molecule has 1 saturated heterocycles. The van der Waals surface area contributed by atoms with Crippen molar-refractivity contribution in [3.8, 4) is 11.1 Å². The predicted molar refractivity (Wildman–Crippen MR) is 120 cm³/mol. The zero-order chi connectivity index (χ0) is 23.7. The summed E-state index contributed by atoms with van der Waals surface area (Å²) in [7, 11) is 0. The summed E-state index contributed by atoms with van der Waals surface area (Å²) >= 11 is 0. The van der Waals surface area contributed by atoms with Crippen LogP contribution in [0.4, 0.5) is 4.79 Å². The van der Waals surface area contributed by atoms with E-state index in [2.05, 4.69) is 39.9 Å². The van der Waals surface area contributed by atoms with Gasteiger partial charge in [-0.25, -0.2) is 14.3 Å². The summed E-state index contributed by atoms with van der Waals surface area (Å²) in [6.07, 6.45) is 1.42. The monoisotopic (exact) mass is 461 g/mol. The molecule has 34 heavy (non-hydrogen) atoms. The molecule has 1 unspecified atom stereocenters. The highest BCUT2D eigenvalue weighted by molar-refractivity contribution is 5.85. The van der Waals surface area contributed by atoms with E-state index >= 15 is 0 Å². The van der Waals surface area contributed by atoms with Crippen molar-refractivity contribution in [3.63, 3.8) is 0 Å². The largest absolute Gasteiger partial charge is 0.480 e. The minimum atomic E-state index is -1.01. The predicted octanol–water partition coefficient (Wildman–Crippen LogP) is 2.00. The summed E-state index contributed by atoms with van der Waals surface area (Å²) in [4.78, 5) is 37.0. The van der Waals surface area contributed by atoms with E-state index in [9.17, 15) is 14.4 Å². The first kappa shape index (κ1) is 21.6. The van der Waals surface area contributed by atoms with Gasteiger partial charge in [0, 0.05) is 12.5 Å². The molecule has 0 radical (unpaired) electrons. The van der Waals surface area contributed by atoms with E-state index < -0.39 is 18.1 Å². The van der Waals surface area contributed by atoms with Gasteiger partial charge in [-0.2, -0.15) is 0 Å². The van der Waals surface area contributed by atoms with E-state index in [-0.39, 0.29) is 31.5 Å². The number of amides is 2. The Morgan fingerprint density at radius 2 is 1.74 bits per heavy atom. The fourth-order valence-electron chi connectivity index (χ4n) is 4.48. The highest BCUT2D eigenvalue weighted by Gasteiger charge is 2.37. The van der Waals surface area contributed by atoms with Crippen LogP contribution in [0.2, 0.25) is 0 Å². The maximum absolute atomic E-state index is 12.3. The number of aromatic nitrogens is 3. The smallest absolute Gasteiger partial charge is 0.407 e. The molecule has 0 bridgehead atoms. The summed E-state index contributed by atoms with van der Waals surface area (Å²) in [5.74, 6) is -1.37. The molecule has 2 aromatic carbocycles. The molecule has 1 atom stereocenters. The molecule has 10 heteroatoms. The van der Waals surface area contributed by atoms with Gasteiger partial charge in [0.15, 0.2) is 0 Å². The van der Waals surface area contributed by atoms with Gasteiger partial charge < -0.3 is 20.1 Å². The number of ether oxygens (including phenoxy) is 1.